The van der Waals surface area contributed by atoms with Crippen molar-refractivity contribution in [3.05, 3.63) is 88.2 Å². The molecule has 0 saturated carbocycles. The number of halogens is 1. The van der Waals surface area contributed by atoms with Crippen molar-refractivity contribution in [2.45, 2.75) is 6.92 Å². The van der Waals surface area contributed by atoms with Gasteiger partial charge in [0.05, 0.1) is 11.3 Å². The molecule has 1 aromatic heterocycles. The highest BCUT2D eigenvalue weighted by Crippen LogP contribution is 2.17. The molecule has 0 aliphatic carbocycles. The molecule has 0 aliphatic rings. The lowest BCUT2D eigenvalue weighted by Crippen LogP contribution is -2.23. The maximum atomic E-state index is 12.6. The lowest BCUT2D eigenvalue weighted by atomic mass is 10.1. The molecule has 0 spiro atoms. The molecule has 2 N–H and O–H groups in total. The number of hydrogen-bond acceptors (Lipinski definition) is 4. The summed E-state index contributed by atoms with van der Waals surface area (Å²) in [7, 11) is 3.28. The number of benzene rings is 2. The number of nitrogens with zero attached hydrogens (tertiary/aromatic N) is 2. The van der Waals surface area contributed by atoms with Gasteiger partial charge in [-0.15, -0.1) is 0 Å². The minimum Gasteiger partial charge on any atom is -0.343 e. The van der Waals surface area contributed by atoms with Crippen molar-refractivity contribution in [2.24, 2.45) is 0 Å². The lowest BCUT2D eigenvalue weighted by Gasteiger charge is -2.12. The van der Waals surface area contributed by atoms with Gasteiger partial charge in [0.15, 0.2) is 0 Å². The van der Waals surface area contributed by atoms with Crippen molar-refractivity contribution < 1.29 is 14.4 Å². The van der Waals surface area contributed by atoms with E-state index in [-0.39, 0.29) is 23.4 Å². The van der Waals surface area contributed by atoms with E-state index in [0.29, 0.717) is 33.2 Å². The van der Waals surface area contributed by atoms with E-state index >= 15 is 0 Å². The van der Waals surface area contributed by atoms with Gasteiger partial charge in [0.2, 0.25) is 0 Å². The highest BCUT2D eigenvalue weighted by atomic mass is 35.5. The van der Waals surface area contributed by atoms with Gasteiger partial charge in [0, 0.05) is 36.1 Å². The Bertz CT molecular complexity index is 1130. The van der Waals surface area contributed by atoms with Gasteiger partial charge in [-0.2, -0.15) is 0 Å². The summed E-state index contributed by atoms with van der Waals surface area (Å²) in [6, 6.07) is 16.4. The minimum atomic E-state index is -0.341. The molecule has 0 unspecified atom stereocenters. The summed E-state index contributed by atoms with van der Waals surface area (Å²) in [4.78, 5) is 42.5. The Morgan fingerprint density at radius 3 is 1.87 bits per heavy atom. The Labute approximate surface area is 185 Å². The van der Waals surface area contributed by atoms with Gasteiger partial charge in [0.25, 0.3) is 17.7 Å². The molecule has 1 heterocycles. The number of aromatic nitrogens is 1. The van der Waals surface area contributed by atoms with Crippen molar-refractivity contribution in [1.29, 1.82) is 0 Å². The molecule has 0 bridgehead atoms. The summed E-state index contributed by atoms with van der Waals surface area (Å²) < 4.78 is 0. The number of anilines is 2. The summed E-state index contributed by atoms with van der Waals surface area (Å²) in [5, 5.41) is 6.13. The molecular formula is C23H21ClN4O3. The monoisotopic (exact) mass is 436 g/mol. The van der Waals surface area contributed by atoms with Crippen LogP contribution in [0.25, 0.3) is 0 Å². The first-order valence-corrected chi connectivity index (χ1v) is 9.80. The molecule has 158 valence electrons. The van der Waals surface area contributed by atoms with Gasteiger partial charge in [0.1, 0.15) is 5.69 Å². The predicted molar refractivity (Wildman–Crippen MR) is 121 cm³/mol. The third-order valence-corrected chi connectivity index (χ3v) is 4.71. The SMILES string of the molecule is Cc1nc(C(=O)N(C)C)ccc1C(=O)Nc1ccc(NC(=O)c2ccc(Cl)cc2)cc1. The smallest absolute Gasteiger partial charge is 0.271 e. The maximum Gasteiger partial charge on any atom is 0.271 e. The molecule has 31 heavy (non-hydrogen) atoms. The molecule has 0 atom stereocenters. The van der Waals surface area contributed by atoms with Crippen molar-refractivity contribution in [3.63, 3.8) is 0 Å². The molecule has 0 saturated heterocycles. The first kappa shape index (κ1) is 22.0. The molecule has 3 aromatic rings. The Balaban J connectivity index is 1.65. The fraction of sp³-hybridized carbons (Fsp3) is 0.130. The number of carbonyl (C=O) groups is 3. The van der Waals surface area contributed by atoms with Crippen LogP contribution in [0.2, 0.25) is 5.02 Å². The van der Waals surface area contributed by atoms with Crippen molar-refractivity contribution in [3.8, 4) is 0 Å². The second-order valence-electron chi connectivity index (χ2n) is 7.02. The van der Waals surface area contributed by atoms with Gasteiger partial charge >= 0.3 is 0 Å². The quantitative estimate of drug-likeness (QED) is 0.625. The van der Waals surface area contributed by atoms with E-state index in [0.717, 1.165) is 0 Å². The number of amides is 3. The summed E-state index contributed by atoms with van der Waals surface area (Å²) in [5.41, 5.74) is 2.73. The number of hydrogen-bond donors (Lipinski definition) is 2. The first-order valence-electron chi connectivity index (χ1n) is 9.42. The molecule has 8 heteroatoms. The number of rotatable bonds is 5. The van der Waals surface area contributed by atoms with Crippen LogP contribution in [0.3, 0.4) is 0 Å². The topological polar surface area (TPSA) is 91.4 Å². The summed E-state index contributed by atoms with van der Waals surface area (Å²) in [5.74, 6) is -0.833. The molecule has 0 radical (unpaired) electrons. The van der Waals surface area contributed by atoms with E-state index in [9.17, 15) is 14.4 Å². The second kappa shape index (κ2) is 9.40. The van der Waals surface area contributed by atoms with Gasteiger partial charge in [-0.1, -0.05) is 11.6 Å². The fourth-order valence-electron chi connectivity index (χ4n) is 2.79. The Hall–Kier alpha value is -3.71. The zero-order valence-electron chi connectivity index (χ0n) is 17.3. The average Bonchev–Trinajstić information content (AvgIpc) is 2.74. The van der Waals surface area contributed by atoms with Gasteiger partial charge in [-0.25, -0.2) is 4.98 Å². The fourth-order valence-corrected chi connectivity index (χ4v) is 2.92. The predicted octanol–water partition coefficient (Wildman–Crippen LogP) is 4.25. The maximum absolute atomic E-state index is 12.6. The van der Waals surface area contributed by atoms with Crippen LogP contribution >= 0.6 is 11.6 Å². The highest BCUT2D eigenvalue weighted by Gasteiger charge is 2.15. The lowest BCUT2D eigenvalue weighted by molar-refractivity contribution is 0.0820. The molecule has 3 rings (SSSR count). The third-order valence-electron chi connectivity index (χ3n) is 4.46. The third kappa shape index (κ3) is 5.46. The number of pyridine rings is 1. The summed E-state index contributed by atoms with van der Waals surface area (Å²) in [6.45, 7) is 1.68. The number of nitrogens with one attached hydrogen (secondary N) is 2. The zero-order valence-corrected chi connectivity index (χ0v) is 18.0. The van der Waals surface area contributed by atoms with Gasteiger partial charge < -0.3 is 15.5 Å². The van der Waals surface area contributed by atoms with E-state index in [1.165, 1.54) is 11.0 Å². The van der Waals surface area contributed by atoms with Crippen molar-refractivity contribution in [2.75, 3.05) is 24.7 Å². The Kier molecular flexibility index (Phi) is 6.67. The molecular weight excluding hydrogens is 416 g/mol. The normalized spacial score (nSPS) is 10.3. The highest BCUT2D eigenvalue weighted by molar-refractivity contribution is 6.30. The summed E-state index contributed by atoms with van der Waals surface area (Å²) >= 11 is 5.84. The molecule has 0 fully saturated rings. The van der Waals surface area contributed by atoms with Crippen LogP contribution in [0.1, 0.15) is 36.9 Å². The molecule has 3 amide bonds. The molecule has 0 aliphatic heterocycles. The molecule has 7 nitrogen and oxygen atoms in total. The van der Waals surface area contributed by atoms with Crippen LogP contribution in [0, 0.1) is 6.92 Å². The second-order valence-corrected chi connectivity index (χ2v) is 7.46. The van der Waals surface area contributed by atoms with Gasteiger partial charge in [-0.05, 0) is 67.6 Å². The van der Waals surface area contributed by atoms with E-state index in [4.69, 9.17) is 11.6 Å². The van der Waals surface area contributed by atoms with Crippen molar-refractivity contribution >= 4 is 40.7 Å². The van der Waals surface area contributed by atoms with E-state index in [2.05, 4.69) is 15.6 Å². The molecule has 2 aromatic carbocycles. The first-order chi connectivity index (χ1) is 14.7. The van der Waals surface area contributed by atoms with E-state index in [1.807, 2.05) is 0 Å². The Morgan fingerprint density at radius 1 is 0.806 bits per heavy atom. The van der Waals surface area contributed by atoms with Gasteiger partial charge in [-0.3, -0.25) is 14.4 Å². The number of aryl methyl sites for hydroxylation is 1. The van der Waals surface area contributed by atoms with Crippen molar-refractivity contribution in [1.82, 2.24) is 9.88 Å². The zero-order chi connectivity index (χ0) is 22.5. The van der Waals surface area contributed by atoms with Crippen LogP contribution in [0.5, 0.6) is 0 Å². The van der Waals surface area contributed by atoms with E-state index < -0.39 is 0 Å². The van der Waals surface area contributed by atoms with E-state index in [1.54, 1.807) is 75.6 Å². The van der Waals surface area contributed by atoms with Crippen LogP contribution in [0.4, 0.5) is 11.4 Å². The van der Waals surface area contributed by atoms with Crippen LogP contribution in [-0.4, -0.2) is 41.7 Å². The Morgan fingerprint density at radius 2 is 1.35 bits per heavy atom. The van der Waals surface area contributed by atoms with Crippen LogP contribution < -0.4 is 10.6 Å². The summed E-state index contributed by atoms with van der Waals surface area (Å²) in [6.07, 6.45) is 0. The minimum absolute atomic E-state index is 0.230. The van der Waals surface area contributed by atoms with Crippen LogP contribution in [-0.2, 0) is 0 Å². The van der Waals surface area contributed by atoms with Crippen LogP contribution in [0.15, 0.2) is 60.7 Å². The average molecular weight is 437 g/mol. The largest absolute Gasteiger partial charge is 0.343 e. The number of carbonyl (C=O) groups excluding carboxylic acids is 3. The standard InChI is InChI=1S/C23H21ClN4O3/c1-14-19(12-13-20(25-14)23(31)28(2)3)22(30)27-18-10-8-17(9-11-18)26-21(29)15-4-6-16(24)7-5-15/h4-13H,1-3H3,(H,26,29)(H,27,30).